The maximum absolute atomic E-state index is 5.76. The molecule has 5 nitrogen and oxygen atoms in total. The fourth-order valence-corrected chi connectivity index (χ4v) is 2.05. The monoisotopic (exact) mass is 250 g/mol. The zero-order valence-electron chi connectivity index (χ0n) is 11.2. The number of hydrogen-bond acceptors (Lipinski definition) is 5. The van der Waals surface area contributed by atoms with Gasteiger partial charge in [-0.3, -0.25) is 0 Å². The molecule has 1 aromatic rings. The molecule has 0 atom stereocenters. The highest BCUT2D eigenvalue weighted by molar-refractivity contribution is 5.45. The van der Waals surface area contributed by atoms with E-state index in [-0.39, 0.29) is 0 Å². The first-order valence-electron chi connectivity index (χ1n) is 6.54. The number of nitrogens with two attached hydrogens (primary N) is 1. The van der Waals surface area contributed by atoms with E-state index in [9.17, 15) is 0 Å². The average Bonchev–Trinajstić information content (AvgIpc) is 3.14. The Morgan fingerprint density at radius 2 is 2.22 bits per heavy atom. The number of nitrogens with zero attached hydrogens (tertiary/aromatic N) is 2. The van der Waals surface area contributed by atoms with Gasteiger partial charge in [0.2, 0.25) is 0 Å². The summed E-state index contributed by atoms with van der Waals surface area (Å²) in [6.07, 6.45) is 4.45. The van der Waals surface area contributed by atoms with Crippen LogP contribution in [0, 0.1) is 5.41 Å². The average molecular weight is 250 g/mol. The van der Waals surface area contributed by atoms with E-state index >= 15 is 0 Å². The predicted octanol–water partition coefficient (Wildman–Crippen LogP) is 1.85. The first kappa shape index (κ1) is 13.1. The lowest BCUT2D eigenvalue weighted by molar-refractivity contribution is 0.175. The maximum atomic E-state index is 5.76. The number of anilines is 2. The van der Waals surface area contributed by atoms with Crippen molar-refractivity contribution in [1.29, 1.82) is 0 Å². The van der Waals surface area contributed by atoms with E-state index in [1.807, 2.05) is 6.92 Å². The molecule has 1 heterocycles. The van der Waals surface area contributed by atoms with Crippen LogP contribution in [0.2, 0.25) is 0 Å². The predicted molar refractivity (Wildman–Crippen MR) is 72.5 cm³/mol. The first-order valence-corrected chi connectivity index (χ1v) is 6.54. The van der Waals surface area contributed by atoms with Gasteiger partial charge in [-0.15, -0.1) is 0 Å². The molecule has 2 rings (SSSR count). The van der Waals surface area contributed by atoms with Gasteiger partial charge in [0.15, 0.2) is 0 Å². The van der Waals surface area contributed by atoms with Crippen molar-refractivity contribution in [3.8, 4) is 0 Å². The molecule has 1 saturated carbocycles. The summed E-state index contributed by atoms with van der Waals surface area (Å²) in [6.45, 7) is 3.79. The number of ether oxygens (including phenoxy) is 1. The smallest absolute Gasteiger partial charge is 0.132 e. The van der Waals surface area contributed by atoms with E-state index in [1.165, 1.54) is 12.8 Å². The molecule has 1 fully saturated rings. The summed E-state index contributed by atoms with van der Waals surface area (Å²) < 4.78 is 5.15. The second-order valence-electron chi connectivity index (χ2n) is 5.04. The molecule has 5 heteroatoms. The molecule has 0 unspecified atom stereocenters. The summed E-state index contributed by atoms with van der Waals surface area (Å²) in [4.78, 5) is 8.60. The highest BCUT2D eigenvalue weighted by Gasteiger charge is 2.41. The molecule has 1 aliphatic carbocycles. The molecule has 18 heavy (non-hydrogen) atoms. The molecular formula is C13H22N4O. The zero-order chi connectivity index (χ0) is 13.0. The van der Waals surface area contributed by atoms with Crippen LogP contribution in [0.5, 0.6) is 0 Å². The van der Waals surface area contributed by atoms with Crippen LogP contribution in [0.15, 0.2) is 6.07 Å². The highest BCUT2D eigenvalue weighted by atomic mass is 16.5. The minimum atomic E-state index is 0.405. The Labute approximate surface area is 108 Å². The third-order valence-corrected chi connectivity index (χ3v) is 3.55. The molecule has 0 amide bonds. The van der Waals surface area contributed by atoms with E-state index in [4.69, 9.17) is 10.5 Å². The Balaban J connectivity index is 1.92. The van der Waals surface area contributed by atoms with Gasteiger partial charge < -0.3 is 15.8 Å². The maximum Gasteiger partial charge on any atom is 0.132 e. The molecule has 0 saturated heterocycles. The lowest BCUT2D eigenvalue weighted by Crippen LogP contribution is -2.18. The van der Waals surface area contributed by atoms with Crippen molar-refractivity contribution in [2.45, 2.75) is 32.6 Å². The van der Waals surface area contributed by atoms with Gasteiger partial charge in [-0.05, 0) is 24.7 Å². The Bertz CT molecular complexity index is 404. The van der Waals surface area contributed by atoms with Crippen LogP contribution in [0.3, 0.4) is 0 Å². The van der Waals surface area contributed by atoms with Gasteiger partial charge in [-0.25, -0.2) is 9.97 Å². The summed E-state index contributed by atoms with van der Waals surface area (Å²) in [6, 6.07) is 1.80. The van der Waals surface area contributed by atoms with Gasteiger partial charge in [0.05, 0.1) is 0 Å². The largest absolute Gasteiger partial charge is 0.385 e. The van der Waals surface area contributed by atoms with Crippen molar-refractivity contribution in [2.75, 3.05) is 31.3 Å². The Morgan fingerprint density at radius 3 is 2.83 bits per heavy atom. The van der Waals surface area contributed by atoms with E-state index < -0.39 is 0 Å². The van der Waals surface area contributed by atoms with Crippen LogP contribution < -0.4 is 11.1 Å². The summed E-state index contributed by atoms with van der Waals surface area (Å²) in [5.41, 5.74) is 6.16. The molecular weight excluding hydrogens is 228 g/mol. The van der Waals surface area contributed by atoms with Gasteiger partial charge in [0.25, 0.3) is 0 Å². The second-order valence-corrected chi connectivity index (χ2v) is 5.04. The van der Waals surface area contributed by atoms with E-state index in [0.717, 1.165) is 37.6 Å². The standard InChI is InChI=1S/C13H22N4O/c1-3-11-16-10(14)8-12(17-11)15-9-13(4-5-13)6-7-18-2/h8H,3-7,9H2,1-2H3,(H3,14,15,16,17). The van der Waals surface area contributed by atoms with Crippen LogP contribution in [0.25, 0.3) is 0 Å². The van der Waals surface area contributed by atoms with Crippen LogP contribution in [0.4, 0.5) is 11.6 Å². The van der Waals surface area contributed by atoms with E-state index in [1.54, 1.807) is 13.2 Å². The second kappa shape index (κ2) is 5.52. The van der Waals surface area contributed by atoms with Crippen molar-refractivity contribution < 1.29 is 4.74 Å². The summed E-state index contributed by atoms with van der Waals surface area (Å²) in [7, 11) is 1.75. The molecule has 100 valence electrons. The van der Waals surface area contributed by atoms with Gasteiger partial charge in [0.1, 0.15) is 17.5 Å². The summed E-state index contributed by atoms with van der Waals surface area (Å²) >= 11 is 0. The van der Waals surface area contributed by atoms with Gasteiger partial charge >= 0.3 is 0 Å². The lowest BCUT2D eigenvalue weighted by atomic mass is 10.0. The third kappa shape index (κ3) is 3.32. The highest BCUT2D eigenvalue weighted by Crippen LogP contribution is 2.48. The normalized spacial score (nSPS) is 16.6. The Kier molecular flexibility index (Phi) is 4.01. The number of nitrogens with one attached hydrogen (secondary N) is 1. The van der Waals surface area contributed by atoms with Gasteiger partial charge in [-0.2, -0.15) is 0 Å². The summed E-state index contributed by atoms with van der Waals surface area (Å²) in [5.74, 6) is 2.16. The molecule has 3 N–H and O–H groups in total. The van der Waals surface area contributed by atoms with Crippen molar-refractivity contribution in [1.82, 2.24) is 9.97 Å². The number of aromatic nitrogens is 2. The Morgan fingerprint density at radius 1 is 1.44 bits per heavy atom. The number of nitrogen functional groups attached to an aromatic ring is 1. The van der Waals surface area contributed by atoms with Crippen LogP contribution in [0.1, 0.15) is 32.0 Å². The van der Waals surface area contributed by atoms with E-state index in [0.29, 0.717) is 11.2 Å². The first-order chi connectivity index (χ1) is 8.67. The molecule has 0 spiro atoms. The van der Waals surface area contributed by atoms with E-state index in [2.05, 4.69) is 15.3 Å². The topological polar surface area (TPSA) is 73.1 Å². The fourth-order valence-electron chi connectivity index (χ4n) is 2.05. The lowest BCUT2D eigenvalue weighted by Gasteiger charge is -2.16. The molecule has 0 bridgehead atoms. The van der Waals surface area contributed by atoms with Crippen molar-refractivity contribution in [3.05, 3.63) is 11.9 Å². The zero-order valence-corrected chi connectivity index (χ0v) is 11.2. The van der Waals surface area contributed by atoms with Crippen LogP contribution in [-0.2, 0) is 11.2 Å². The number of methoxy groups -OCH3 is 1. The molecule has 0 radical (unpaired) electrons. The summed E-state index contributed by atoms with van der Waals surface area (Å²) in [5, 5.41) is 3.39. The fraction of sp³-hybridized carbons (Fsp3) is 0.692. The van der Waals surface area contributed by atoms with Crippen LogP contribution >= 0.6 is 0 Å². The van der Waals surface area contributed by atoms with Gasteiger partial charge in [-0.1, -0.05) is 6.92 Å². The minimum absolute atomic E-state index is 0.405. The SMILES string of the molecule is CCc1nc(N)cc(NCC2(CCOC)CC2)n1. The third-order valence-electron chi connectivity index (χ3n) is 3.55. The molecule has 0 aliphatic heterocycles. The van der Waals surface area contributed by atoms with Crippen molar-refractivity contribution in [2.24, 2.45) is 5.41 Å². The number of aryl methyl sites for hydroxylation is 1. The Hall–Kier alpha value is -1.36. The van der Waals surface area contributed by atoms with Crippen molar-refractivity contribution >= 4 is 11.6 Å². The number of rotatable bonds is 7. The van der Waals surface area contributed by atoms with Gasteiger partial charge in [0, 0.05) is 32.7 Å². The molecule has 1 aliphatic rings. The molecule has 1 aromatic heterocycles. The molecule has 0 aromatic carbocycles. The number of hydrogen-bond donors (Lipinski definition) is 2. The van der Waals surface area contributed by atoms with Crippen LogP contribution in [-0.4, -0.2) is 30.2 Å². The quantitative estimate of drug-likeness (QED) is 0.772. The minimum Gasteiger partial charge on any atom is -0.385 e. The van der Waals surface area contributed by atoms with Crippen molar-refractivity contribution in [3.63, 3.8) is 0 Å².